The second-order valence-corrected chi connectivity index (χ2v) is 9.63. The van der Waals surface area contributed by atoms with Crippen LogP contribution in [0.4, 0.5) is 0 Å². The van der Waals surface area contributed by atoms with Crippen molar-refractivity contribution in [2.24, 2.45) is 23.7 Å². The zero-order valence-corrected chi connectivity index (χ0v) is 10.6. The molecule has 0 N–H and O–H groups in total. The Kier molecular flexibility index (Phi) is 3.06. The Balaban J connectivity index is 1.91. The van der Waals surface area contributed by atoms with Crippen molar-refractivity contribution < 1.29 is 0 Å². The van der Waals surface area contributed by atoms with Crippen LogP contribution in [-0.2, 0) is 0 Å². The van der Waals surface area contributed by atoms with Crippen LogP contribution in [-0.4, -0.2) is 7.42 Å². The normalized spacial score (nSPS) is 38.9. The first-order valence-corrected chi connectivity index (χ1v) is 9.44. The zero-order chi connectivity index (χ0) is 9.42. The Bertz CT molecular complexity index is 215. The van der Waals surface area contributed by atoms with Gasteiger partial charge in [0.05, 0.1) is 0 Å². The number of halogens is 2. The molecule has 2 bridgehead atoms. The number of hydrogen-bond acceptors (Lipinski definition) is 0. The van der Waals surface area contributed by atoms with Gasteiger partial charge in [-0.1, -0.05) is 19.1 Å². The molecule has 74 valence electrons. The maximum atomic E-state index is 5.94. The molecule has 2 rings (SSSR count). The third kappa shape index (κ3) is 2.13. The van der Waals surface area contributed by atoms with Crippen molar-refractivity contribution in [3.63, 3.8) is 0 Å². The van der Waals surface area contributed by atoms with E-state index >= 15 is 0 Å². The van der Waals surface area contributed by atoms with Gasteiger partial charge in [-0.05, 0) is 42.6 Å². The van der Waals surface area contributed by atoms with Crippen LogP contribution in [0.15, 0.2) is 12.2 Å². The van der Waals surface area contributed by atoms with E-state index in [1.165, 1.54) is 12.8 Å². The Morgan fingerprint density at radius 1 is 1.38 bits per heavy atom. The van der Waals surface area contributed by atoms with Gasteiger partial charge in [0.25, 0.3) is 0 Å². The monoisotopic (exact) mass is 234 g/mol. The van der Waals surface area contributed by atoms with Crippen LogP contribution in [0.25, 0.3) is 0 Å². The lowest BCUT2D eigenvalue weighted by molar-refractivity contribution is 0.330. The Morgan fingerprint density at radius 2 is 2.15 bits per heavy atom. The number of fused-ring (bicyclic) bond motifs is 2. The minimum atomic E-state index is -1.39. The van der Waals surface area contributed by atoms with Crippen molar-refractivity contribution in [1.29, 1.82) is 0 Å². The van der Waals surface area contributed by atoms with Gasteiger partial charge in [-0.3, -0.25) is 0 Å². The van der Waals surface area contributed by atoms with Gasteiger partial charge >= 0.3 is 0 Å². The quantitative estimate of drug-likeness (QED) is 0.399. The molecule has 1 fully saturated rings. The van der Waals surface area contributed by atoms with E-state index < -0.39 is 7.42 Å². The summed E-state index contributed by atoms with van der Waals surface area (Å²) in [5.41, 5.74) is 0. The predicted molar refractivity (Wildman–Crippen MR) is 61.7 cm³/mol. The van der Waals surface area contributed by atoms with Crippen LogP contribution >= 0.6 is 22.2 Å². The predicted octanol–water partition coefficient (Wildman–Crippen LogP) is 3.53. The first kappa shape index (κ1) is 10.1. The van der Waals surface area contributed by atoms with E-state index in [-0.39, 0.29) is 0 Å². The van der Waals surface area contributed by atoms with Gasteiger partial charge in [-0.2, -0.15) is 22.2 Å². The fraction of sp³-hybridized carbons (Fsp3) is 0.800. The highest BCUT2D eigenvalue weighted by atomic mass is 35.7. The lowest BCUT2D eigenvalue weighted by Gasteiger charge is -2.25. The van der Waals surface area contributed by atoms with Crippen LogP contribution in [0.3, 0.4) is 0 Å². The highest BCUT2D eigenvalue weighted by Gasteiger charge is 2.38. The first-order chi connectivity index (χ1) is 6.16. The number of allylic oxidation sites excluding steroid dienone is 2. The maximum Gasteiger partial charge on any atom is 0.237 e. The molecule has 2 aliphatic rings. The van der Waals surface area contributed by atoms with Gasteiger partial charge in [0.15, 0.2) is 0 Å². The molecule has 0 amide bonds. The molecule has 0 aliphatic heterocycles. The Morgan fingerprint density at radius 3 is 2.62 bits per heavy atom. The smallest absolute Gasteiger partial charge is 0.150 e. The molecule has 0 spiro atoms. The molecule has 1 saturated carbocycles. The third-order valence-electron chi connectivity index (χ3n) is 3.61. The molecule has 4 unspecified atom stereocenters. The Hall–Kier alpha value is 0.537. The average Bonchev–Trinajstić information content (AvgIpc) is 2.62. The minimum absolute atomic E-state index is 0.742. The van der Waals surface area contributed by atoms with Crippen LogP contribution in [0.2, 0.25) is 6.04 Å². The van der Waals surface area contributed by atoms with Gasteiger partial charge in [0, 0.05) is 0 Å². The second-order valence-electron chi connectivity index (χ2n) is 4.55. The summed E-state index contributed by atoms with van der Waals surface area (Å²) in [4.78, 5) is 0. The summed E-state index contributed by atoms with van der Waals surface area (Å²) in [6, 6.07) is 1.09. The van der Waals surface area contributed by atoms with Crippen molar-refractivity contribution in [1.82, 2.24) is 0 Å². The molecule has 0 saturated heterocycles. The summed E-state index contributed by atoms with van der Waals surface area (Å²) in [5, 5.41) is 0. The molecule has 0 heterocycles. The van der Waals surface area contributed by atoms with Gasteiger partial charge in [0.1, 0.15) is 0 Å². The van der Waals surface area contributed by atoms with E-state index in [9.17, 15) is 0 Å². The third-order valence-corrected chi connectivity index (χ3v) is 5.78. The first-order valence-electron chi connectivity index (χ1n) is 5.13. The van der Waals surface area contributed by atoms with E-state index in [2.05, 4.69) is 19.1 Å². The second kappa shape index (κ2) is 3.96. The molecule has 0 aromatic carbocycles. The SMILES string of the molecule is CC(C[SiH](Cl)Cl)C1CC2C=CC1C2. The highest BCUT2D eigenvalue weighted by molar-refractivity contribution is 7.33. The summed E-state index contributed by atoms with van der Waals surface area (Å²) in [7, 11) is -1.39. The summed E-state index contributed by atoms with van der Waals surface area (Å²) in [6.45, 7) is 2.32. The molecule has 4 atom stereocenters. The summed E-state index contributed by atoms with van der Waals surface area (Å²) < 4.78 is 0. The van der Waals surface area contributed by atoms with Crippen molar-refractivity contribution in [2.45, 2.75) is 25.8 Å². The summed E-state index contributed by atoms with van der Waals surface area (Å²) in [5.74, 6) is 3.35. The minimum Gasteiger partial charge on any atom is -0.150 e. The molecule has 3 heteroatoms. The fourth-order valence-electron chi connectivity index (χ4n) is 2.93. The molecule has 13 heavy (non-hydrogen) atoms. The summed E-state index contributed by atoms with van der Waals surface area (Å²) >= 11 is 11.9. The maximum absolute atomic E-state index is 5.94. The molecule has 2 aliphatic carbocycles. The van der Waals surface area contributed by atoms with E-state index in [0.29, 0.717) is 0 Å². The largest absolute Gasteiger partial charge is 0.237 e. The lowest BCUT2D eigenvalue weighted by Crippen LogP contribution is -2.18. The van der Waals surface area contributed by atoms with Crippen molar-refractivity contribution in [3.05, 3.63) is 12.2 Å². The van der Waals surface area contributed by atoms with Crippen LogP contribution in [0, 0.1) is 23.7 Å². The van der Waals surface area contributed by atoms with Crippen LogP contribution in [0.5, 0.6) is 0 Å². The van der Waals surface area contributed by atoms with Gasteiger partial charge < -0.3 is 0 Å². The van der Waals surface area contributed by atoms with Crippen LogP contribution in [0.1, 0.15) is 19.8 Å². The number of rotatable bonds is 3. The molecular weight excluding hydrogens is 219 g/mol. The topological polar surface area (TPSA) is 0 Å². The van der Waals surface area contributed by atoms with E-state index in [1.54, 1.807) is 0 Å². The van der Waals surface area contributed by atoms with Crippen molar-refractivity contribution in [2.75, 3.05) is 0 Å². The molecule has 0 aromatic rings. The van der Waals surface area contributed by atoms with E-state index in [4.69, 9.17) is 22.2 Å². The number of hydrogen-bond donors (Lipinski definition) is 0. The van der Waals surface area contributed by atoms with E-state index in [0.717, 1.165) is 29.7 Å². The van der Waals surface area contributed by atoms with Gasteiger partial charge in [-0.25, -0.2) is 0 Å². The fourth-order valence-corrected chi connectivity index (χ4v) is 5.53. The van der Waals surface area contributed by atoms with Crippen LogP contribution < -0.4 is 0 Å². The average molecular weight is 235 g/mol. The highest BCUT2D eigenvalue weighted by Crippen LogP contribution is 2.47. The van der Waals surface area contributed by atoms with Gasteiger partial charge in [0.2, 0.25) is 7.42 Å². The zero-order valence-electron chi connectivity index (χ0n) is 7.92. The molecule has 0 nitrogen and oxygen atoms in total. The molecule has 0 aromatic heterocycles. The van der Waals surface area contributed by atoms with Crippen molar-refractivity contribution in [3.8, 4) is 0 Å². The molecular formula is C10H16Cl2Si. The molecule has 0 radical (unpaired) electrons. The van der Waals surface area contributed by atoms with Gasteiger partial charge in [-0.15, -0.1) is 0 Å². The summed E-state index contributed by atoms with van der Waals surface area (Å²) in [6.07, 6.45) is 7.58. The standard InChI is InChI=1S/C10H16Cl2Si/c1-7(6-13(11)12)10-5-8-2-3-9(10)4-8/h2-3,7-10,13H,4-6H2,1H3. The lowest BCUT2D eigenvalue weighted by atomic mass is 9.84. The Labute approximate surface area is 91.3 Å². The van der Waals surface area contributed by atoms with Crippen molar-refractivity contribution >= 4 is 29.6 Å². The van der Waals surface area contributed by atoms with E-state index in [1.807, 2.05) is 0 Å².